The van der Waals surface area contributed by atoms with Gasteiger partial charge in [-0.1, -0.05) is 13.3 Å². The highest BCUT2D eigenvalue weighted by Crippen LogP contribution is 2.21. The van der Waals surface area contributed by atoms with Gasteiger partial charge in [-0.25, -0.2) is 4.39 Å². The van der Waals surface area contributed by atoms with E-state index in [4.69, 9.17) is 10.5 Å². The van der Waals surface area contributed by atoms with Crippen LogP contribution in [0.4, 0.5) is 10.1 Å². The number of rotatable bonds is 5. The molecule has 1 aromatic carbocycles. The Morgan fingerprint density at radius 3 is 2.88 bits per heavy atom. The van der Waals surface area contributed by atoms with E-state index in [-0.39, 0.29) is 11.6 Å². The van der Waals surface area contributed by atoms with Gasteiger partial charge in [0.25, 0.3) is 0 Å². The number of hydrogen-bond acceptors (Lipinski definition) is 3. The molecule has 1 unspecified atom stereocenters. The van der Waals surface area contributed by atoms with Gasteiger partial charge < -0.3 is 15.8 Å². The van der Waals surface area contributed by atoms with Crippen molar-refractivity contribution >= 4 is 11.6 Å². The summed E-state index contributed by atoms with van der Waals surface area (Å²) < 4.78 is 18.4. The van der Waals surface area contributed by atoms with Crippen molar-refractivity contribution in [2.75, 3.05) is 12.4 Å². The van der Waals surface area contributed by atoms with Gasteiger partial charge in [-0.2, -0.15) is 0 Å². The minimum Gasteiger partial charge on any atom is -0.497 e. The maximum Gasteiger partial charge on any atom is 0.241 e. The summed E-state index contributed by atoms with van der Waals surface area (Å²) in [6.07, 6.45) is 1.37. The number of nitrogens with two attached hydrogens (primary N) is 1. The number of hydrogen-bond donors (Lipinski definition) is 2. The van der Waals surface area contributed by atoms with Crippen LogP contribution in [-0.4, -0.2) is 19.1 Å². The standard InChI is InChI=1S/C12H17FN2O2/c1-3-4-10(14)12(16)15-11-7-8(17-2)5-6-9(11)13/h5-7,10H,3-4,14H2,1-2H3,(H,15,16). The highest BCUT2D eigenvalue weighted by Gasteiger charge is 2.14. The summed E-state index contributed by atoms with van der Waals surface area (Å²) in [5.41, 5.74) is 5.71. The predicted molar refractivity (Wildman–Crippen MR) is 64.5 cm³/mol. The summed E-state index contributed by atoms with van der Waals surface area (Å²) in [4.78, 5) is 11.6. The van der Waals surface area contributed by atoms with Crippen molar-refractivity contribution in [3.63, 3.8) is 0 Å². The molecule has 4 nitrogen and oxygen atoms in total. The Bertz CT molecular complexity index is 396. The minimum atomic E-state index is -0.620. The quantitative estimate of drug-likeness (QED) is 0.826. The molecule has 1 rings (SSSR count). The zero-order valence-corrected chi connectivity index (χ0v) is 10.00. The molecule has 1 amide bonds. The maximum atomic E-state index is 13.4. The normalized spacial score (nSPS) is 12.0. The van der Waals surface area contributed by atoms with Gasteiger partial charge in [-0.05, 0) is 18.6 Å². The van der Waals surface area contributed by atoms with E-state index >= 15 is 0 Å². The number of amides is 1. The average Bonchev–Trinajstić information content (AvgIpc) is 2.32. The van der Waals surface area contributed by atoms with E-state index in [1.54, 1.807) is 0 Å². The highest BCUT2D eigenvalue weighted by atomic mass is 19.1. The molecule has 0 bridgehead atoms. The van der Waals surface area contributed by atoms with Gasteiger partial charge in [-0.15, -0.1) is 0 Å². The number of ether oxygens (including phenoxy) is 1. The van der Waals surface area contributed by atoms with Crippen molar-refractivity contribution in [3.05, 3.63) is 24.0 Å². The first-order chi connectivity index (χ1) is 8.08. The van der Waals surface area contributed by atoms with Crippen LogP contribution in [0.15, 0.2) is 18.2 Å². The number of benzene rings is 1. The Morgan fingerprint density at radius 2 is 2.29 bits per heavy atom. The largest absolute Gasteiger partial charge is 0.497 e. The Balaban J connectivity index is 2.76. The molecule has 0 aliphatic carbocycles. The van der Waals surface area contributed by atoms with Crippen molar-refractivity contribution in [2.45, 2.75) is 25.8 Å². The van der Waals surface area contributed by atoms with Gasteiger partial charge in [0.2, 0.25) is 5.91 Å². The summed E-state index contributed by atoms with van der Waals surface area (Å²) >= 11 is 0. The Labute approximate surface area is 100.0 Å². The van der Waals surface area contributed by atoms with Gasteiger partial charge in [0.1, 0.15) is 11.6 Å². The number of carbonyl (C=O) groups is 1. The van der Waals surface area contributed by atoms with E-state index < -0.39 is 11.9 Å². The van der Waals surface area contributed by atoms with Gasteiger partial charge >= 0.3 is 0 Å². The molecule has 0 saturated carbocycles. The SMILES string of the molecule is CCCC(N)C(=O)Nc1cc(OC)ccc1F. The van der Waals surface area contributed by atoms with E-state index in [0.717, 1.165) is 6.42 Å². The summed E-state index contributed by atoms with van der Waals surface area (Å²) in [6, 6.07) is 3.52. The first-order valence-corrected chi connectivity index (χ1v) is 5.48. The molecule has 0 aliphatic rings. The molecular weight excluding hydrogens is 223 g/mol. The molecule has 3 N–H and O–H groups in total. The van der Waals surface area contributed by atoms with Crippen LogP contribution in [0.1, 0.15) is 19.8 Å². The van der Waals surface area contributed by atoms with E-state index in [1.165, 1.54) is 25.3 Å². The lowest BCUT2D eigenvalue weighted by molar-refractivity contribution is -0.117. The zero-order chi connectivity index (χ0) is 12.8. The summed E-state index contributed by atoms with van der Waals surface area (Å²) in [5, 5.41) is 2.45. The molecule has 0 saturated heterocycles. The topological polar surface area (TPSA) is 64.4 Å². The first kappa shape index (κ1) is 13.4. The Kier molecular flexibility index (Phi) is 4.90. The number of anilines is 1. The predicted octanol–water partition coefficient (Wildman–Crippen LogP) is 1.90. The molecular formula is C12H17FN2O2. The lowest BCUT2D eigenvalue weighted by atomic mass is 10.1. The lowest BCUT2D eigenvalue weighted by Crippen LogP contribution is -2.35. The second-order valence-corrected chi connectivity index (χ2v) is 3.73. The Hall–Kier alpha value is -1.62. The lowest BCUT2D eigenvalue weighted by Gasteiger charge is -2.12. The average molecular weight is 240 g/mol. The van der Waals surface area contributed by atoms with Crippen molar-refractivity contribution in [1.29, 1.82) is 0 Å². The van der Waals surface area contributed by atoms with E-state index in [0.29, 0.717) is 12.2 Å². The molecule has 0 aliphatic heterocycles. The molecule has 1 aromatic rings. The number of halogens is 1. The summed E-state index contributed by atoms with van der Waals surface area (Å²) in [7, 11) is 1.47. The molecule has 0 spiro atoms. The zero-order valence-electron chi connectivity index (χ0n) is 10.00. The van der Waals surface area contributed by atoms with Crippen LogP contribution in [-0.2, 0) is 4.79 Å². The second kappa shape index (κ2) is 6.20. The fraction of sp³-hybridized carbons (Fsp3) is 0.417. The second-order valence-electron chi connectivity index (χ2n) is 3.73. The molecule has 0 heterocycles. The van der Waals surface area contributed by atoms with Crippen LogP contribution < -0.4 is 15.8 Å². The third kappa shape index (κ3) is 3.71. The molecule has 0 fully saturated rings. The van der Waals surface area contributed by atoms with E-state index in [9.17, 15) is 9.18 Å². The van der Waals surface area contributed by atoms with Crippen LogP contribution in [0.25, 0.3) is 0 Å². The molecule has 0 aromatic heterocycles. The highest BCUT2D eigenvalue weighted by molar-refractivity contribution is 5.94. The van der Waals surface area contributed by atoms with Crippen molar-refractivity contribution in [1.82, 2.24) is 0 Å². The maximum absolute atomic E-state index is 13.4. The number of carbonyl (C=O) groups excluding carboxylic acids is 1. The Morgan fingerprint density at radius 1 is 1.59 bits per heavy atom. The van der Waals surface area contributed by atoms with Crippen LogP contribution in [0, 0.1) is 5.82 Å². The molecule has 5 heteroatoms. The van der Waals surface area contributed by atoms with Crippen molar-refractivity contribution in [3.8, 4) is 5.75 Å². The molecule has 0 radical (unpaired) electrons. The van der Waals surface area contributed by atoms with Crippen LogP contribution in [0.5, 0.6) is 5.75 Å². The monoisotopic (exact) mass is 240 g/mol. The smallest absolute Gasteiger partial charge is 0.241 e. The third-order valence-corrected chi connectivity index (χ3v) is 2.37. The van der Waals surface area contributed by atoms with Crippen molar-refractivity contribution < 1.29 is 13.9 Å². The van der Waals surface area contributed by atoms with Gasteiger partial charge in [0, 0.05) is 6.07 Å². The summed E-state index contributed by atoms with van der Waals surface area (Å²) in [6.45, 7) is 1.93. The number of nitrogens with one attached hydrogen (secondary N) is 1. The fourth-order valence-corrected chi connectivity index (χ4v) is 1.39. The van der Waals surface area contributed by atoms with Gasteiger partial charge in [0.15, 0.2) is 0 Å². The molecule has 1 atom stereocenters. The van der Waals surface area contributed by atoms with Crippen LogP contribution in [0.2, 0.25) is 0 Å². The molecule has 17 heavy (non-hydrogen) atoms. The van der Waals surface area contributed by atoms with Crippen molar-refractivity contribution in [2.24, 2.45) is 5.73 Å². The third-order valence-electron chi connectivity index (χ3n) is 2.37. The minimum absolute atomic E-state index is 0.0842. The van der Waals surface area contributed by atoms with Crippen LogP contribution >= 0.6 is 0 Å². The summed E-state index contributed by atoms with van der Waals surface area (Å²) in [5.74, 6) is -0.424. The number of methoxy groups -OCH3 is 1. The fourth-order valence-electron chi connectivity index (χ4n) is 1.39. The molecule has 94 valence electrons. The van der Waals surface area contributed by atoms with E-state index in [2.05, 4.69) is 5.32 Å². The van der Waals surface area contributed by atoms with Gasteiger partial charge in [-0.3, -0.25) is 4.79 Å². The first-order valence-electron chi connectivity index (χ1n) is 5.48. The van der Waals surface area contributed by atoms with Gasteiger partial charge in [0.05, 0.1) is 18.8 Å². The van der Waals surface area contributed by atoms with Crippen LogP contribution in [0.3, 0.4) is 0 Å². The van der Waals surface area contributed by atoms with E-state index in [1.807, 2.05) is 6.92 Å².